The number of aliphatic hydroxyl groups is 3. The first-order valence-electron chi connectivity index (χ1n) is 23.1. The van der Waals surface area contributed by atoms with Crippen LogP contribution >= 0.6 is 0 Å². The van der Waals surface area contributed by atoms with E-state index in [1.165, 1.54) is 39.2 Å². The molecule has 1 aliphatic carbocycles. The van der Waals surface area contributed by atoms with E-state index in [-0.39, 0.29) is 27.2 Å². The smallest absolute Gasteiger partial charge is 0.199 e. The van der Waals surface area contributed by atoms with E-state index in [2.05, 4.69) is 117 Å². The van der Waals surface area contributed by atoms with Crippen molar-refractivity contribution in [2.75, 3.05) is 143 Å². The number of anilines is 1. The monoisotopic (exact) mass is 886 g/mol. The number of nitrogens with zero attached hydrogens (tertiary/aromatic N) is 2. The lowest BCUT2D eigenvalue weighted by atomic mass is 9.87. The van der Waals surface area contributed by atoms with Gasteiger partial charge in [0.1, 0.15) is 13.1 Å². The molecule has 0 saturated carbocycles. The first-order chi connectivity index (χ1) is 30.5. The quantitative estimate of drug-likeness (QED) is 0.0475. The fourth-order valence-electron chi connectivity index (χ4n) is 6.98. The normalized spacial score (nSPS) is 12.5. The third-order valence-corrected chi connectivity index (χ3v) is 10.4. The Morgan fingerprint density at radius 1 is 0.508 bits per heavy atom. The SMILES string of the molecule is C.CCC(CCCCOCCOCCO)c1ccc(C(=C2C=CC(=[N+](CC)CC)C=C2)c2ccc(N(CC)CC)cc2)cc1.OCCOCCOCCOCCOCCOCCO. The molecule has 1 unspecified atom stereocenters. The van der Waals surface area contributed by atoms with Crippen molar-refractivity contribution in [2.45, 2.75) is 73.6 Å². The summed E-state index contributed by atoms with van der Waals surface area (Å²) in [6.45, 7) is 22.3. The van der Waals surface area contributed by atoms with Crippen LogP contribution in [0.25, 0.3) is 5.57 Å². The van der Waals surface area contributed by atoms with Gasteiger partial charge in [0, 0.05) is 37.5 Å². The molecular weight excluding hydrogens is 801 g/mol. The van der Waals surface area contributed by atoms with Gasteiger partial charge in [-0.1, -0.05) is 57.2 Å². The molecule has 3 N–H and O–H groups in total. The summed E-state index contributed by atoms with van der Waals surface area (Å²) < 4.78 is 39.1. The summed E-state index contributed by atoms with van der Waals surface area (Å²) in [6, 6.07) is 18.4. The van der Waals surface area contributed by atoms with Gasteiger partial charge in [0.05, 0.1) is 106 Å². The molecule has 0 aromatic heterocycles. The van der Waals surface area contributed by atoms with E-state index in [9.17, 15) is 0 Å². The first kappa shape index (κ1) is 57.7. The lowest BCUT2D eigenvalue weighted by Crippen LogP contribution is -2.21. The molecule has 358 valence electrons. The number of aliphatic hydroxyl groups excluding tert-OH is 3. The van der Waals surface area contributed by atoms with Crippen LogP contribution in [-0.4, -0.2) is 164 Å². The zero-order valence-electron chi connectivity index (χ0n) is 38.8. The van der Waals surface area contributed by atoms with Gasteiger partial charge in [-0.2, -0.15) is 0 Å². The zero-order chi connectivity index (χ0) is 44.9. The molecule has 12 nitrogen and oxygen atoms in total. The van der Waals surface area contributed by atoms with Crippen LogP contribution < -0.4 is 4.90 Å². The summed E-state index contributed by atoms with van der Waals surface area (Å²) in [6.07, 6.45) is 13.6. The fraction of sp³-hybridized carbons (Fsp3) is 0.627. The van der Waals surface area contributed by atoms with Crippen LogP contribution in [0.2, 0.25) is 0 Å². The maximum Gasteiger partial charge on any atom is 0.199 e. The van der Waals surface area contributed by atoms with Crippen LogP contribution in [0.1, 0.15) is 90.3 Å². The van der Waals surface area contributed by atoms with Gasteiger partial charge < -0.3 is 53.4 Å². The molecule has 0 spiro atoms. The second-order valence-electron chi connectivity index (χ2n) is 14.5. The maximum atomic E-state index is 8.77. The average Bonchev–Trinajstić information content (AvgIpc) is 3.31. The molecule has 0 heterocycles. The second kappa shape index (κ2) is 39.1. The fourth-order valence-corrected chi connectivity index (χ4v) is 6.98. The van der Waals surface area contributed by atoms with E-state index >= 15 is 0 Å². The van der Waals surface area contributed by atoms with Gasteiger partial charge in [0.2, 0.25) is 0 Å². The van der Waals surface area contributed by atoms with Crippen molar-refractivity contribution >= 4 is 17.0 Å². The van der Waals surface area contributed by atoms with Gasteiger partial charge in [-0.3, -0.25) is 0 Å². The van der Waals surface area contributed by atoms with Crippen molar-refractivity contribution in [1.82, 2.24) is 0 Å². The van der Waals surface area contributed by atoms with Crippen molar-refractivity contribution in [3.05, 3.63) is 95.1 Å². The lowest BCUT2D eigenvalue weighted by molar-refractivity contribution is -0.519. The molecule has 1 aliphatic rings. The van der Waals surface area contributed by atoms with Crippen LogP contribution in [0.5, 0.6) is 0 Å². The molecule has 63 heavy (non-hydrogen) atoms. The van der Waals surface area contributed by atoms with Crippen LogP contribution in [0, 0.1) is 0 Å². The van der Waals surface area contributed by atoms with Crippen LogP contribution in [0.15, 0.2) is 78.4 Å². The Morgan fingerprint density at radius 3 is 1.29 bits per heavy atom. The minimum atomic E-state index is 0. The molecule has 1 atom stereocenters. The third-order valence-electron chi connectivity index (χ3n) is 10.4. The molecule has 0 amide bonds. The molecule has 12 heteroatoms. The number of allylic oxidation sites excluding steroid dienone is 5. The summed E-state index contributed by atoms with van der Waals surface area (Å²) in [7, 11) is 0. The van der Waals surface area contributed by atoms with E-state index in [1.54, 1.807) is 0 Å². The standard InChI is InChI=1S/C38H55N2O3.C12H26O7.CH4/c1-6-31(13-11-12-27-42-29-30-43-28-26-41)32-14-16-33(17-15-32)38(34-18-22-36(23-19-34)39(7-2)8-3)35-20-24-37(25-21-35)40(9-4)10-5;13-1-3-15-5-7-17-9-11-19-12-10-18-8-6-16-4-2-14;/h14-25,31,41H,6-13,26-30H2,1-5H3;13-14H,1-12H2;1H4/q+1;;. The van der Waals surface area contributed by atoms with Gasteiger partial charge in [0.15, 0.2) is 5.71 Å². The predicted molar refractivity (Wildman–Crippen MR) is 258 cm³/mol. The summed E-state index contributed by atoms with van der Waals surface area (Å²) in [5, 5.41) is 25.7. The largest absolute Gasteiger partial charge is 0.394 e. The Morgan fingerprint density at radius 2 is 0.905 bits per heavy atom. The number of benzene rings is 2. The van der Waals surface area contributed by atoms with E-state index in [1.807, 2.05) is 0 Å². The van der Waals surface area contributed by atoms with E-state index < -0.39 is 0 Å². The Balaban J connectivity index is 0.000000838. The molecule has 2 aromatic rings. The molecule has 0 saturated heterocycles. The van der Waals surface area contributed by atoms with Gasteiger partial charge in [-0.15, -0.1) is 0 Å². The number of unbranched alkanes of at least 4 members (excludes halogenated alkanes) is 1. The van der Waals surface area contributed by atoms with E-state index in [0.29, 0.717) is 91.8 Å². The van der Waals surface area contributed by atoms with Crippen molar-refractivity contribution in [3.8, 4) is 0 Å². The highest BCUT2D eigenvalue weighted by molar-refractivity contribution is 6.04. The minimum absolute atomic E-state index is 0. The highest BCUT2D eigenvalue weighted by Gasteiger charge is 2.16. The number of hydrogen-bond donors (Lipinski definition) is 3. The predicted octanol–water partition coefficient (Wildman–Crippen LogP) is 7.33. The van der Waals surface area contributed by atoms with E-state index in [4.69, 9.17) is 48.5 Å². The summed E-state index contributed by atoms with van der Waals surface area (Å²) in [5.41, 5.74) is 8.97. The highest BCUT2D eigenvalue weighted by atomic mass is 16.6. The van der Waals surface area contributed by atoms with Gasteiger partial charge in [-0.25, -0.2) is 4.58 Å². The molecule has 0 fully saturated rings. The number of rotatable bonds is 35. The average molecular weight is 886 g/mol. The number of hydrogen-bond acceptors (Lipinski definition) is 11. The van der Waals surface area contributed by atoms with Crippen molar-refractivity contribution in [2.24, 2.45) is 0 Å². The summed E-state index contributed by atoms with van der Waals surface area (Å²) >= 11 is 0. The number of ether oxygens (including phenoxy) is 7. The molecule has 0 radical (unpaired) electrons. The molecule has 3 rings (SSSR count). The Hall–Kier alpha value is -3.27. The van der Waals surface area contributed by atoms with Gasteiger partial charge in [-0.05, 0) is 105 Å². The van der Waals surface area contributed by atoms with Crippen LogP contribution in [0.4, 0.5) is 5.69 Å². The maximum absolute atomic E-state index is 8.77. The van der Waals surface area contributed by atoms with Crippen molar-refractivity contribution < 1.29 is 53.1 Å². The molecule has 0 aliphatic heterocycles. The first-order valence-corrected chi connectivity index (χ1v) is 23.1. The van der Waals surface area contributed by atoms with Gasteiger partial charge >= 0.3 is 0 Å². The third kappa shape index (κ3) is 24.6. The summed E-state index contributed by atoms with van der Waals surface area (Å²) in [5.74, 6) is 0.548. The Kier molecular flexibility index (Phi) is 35.9. The van der Waals surface area contributed by atoms with Crippen LogP contribution in [0.3, 0.4) is 0 Å². The minimum Gasteiger partial charge on any atom is -0.394 e. The molecule has 0 bridgehead atoms. The van der Waals surface area contributed by atoms with Crippen LogP contribution in [-0.2, 0) is 33.2 Å². The summed E-state index contributed by atoms with van der Waals surface area (Å²) in [4.78, 5) is 2.39. The van der Waals surface area contributed by atoms with Crippen molar-refractivity contribution in [1.29, 1.82) is 0 Å². The second-order valence-corrected chi connectivity index (χ2v) is 14.5. The van der Waals surface area contributed by atoms with Crippen molar-refractivity contribution in [3.63, 3.8) is 0 Å². The molecular formula is C51H85N2O10+. The topological polar surface area (TPSA) is 132 Å². The Bertz CT molecular complexity index is 1470. The molecule has 2 aromatic carbocycles. The lowest BCUT2D eigenvalue weighted by Gasteiger charge is -2.22. The highest BCUT2D eigenvalue weighted by Crippen LogP contribution is 2.33. The Labute approximate surface area is 381 Å². The van der Waals surface area contributed by atoms with E-state index in [0.717, 1.165) is 58.5 Å². The van der Waals surface area contributed by atoms with Gasteiger partial charge in [0.25, 0.3) is 0 Å². The zero-order valence-corrected chi connectivity index (χ0v) is 38.8.